The summed E-state index contributed by atoms with van der Waals surface area (Å²) in [4.78, 5) is 0.138. The summed E-state index contributed by atoms with van der Waals surface area (Å²) in [6.45, 7) is 1.80. The van der Waals surface area contributed by atoms with Gasteiger partial charge in [-0.2, -0.15) is 0 Å². The second-order valence-electron chi connectivity index (χ2n) is 3.61. The van der Waals surface area contributed by atoms with Crippen LogP contribution in [0.15, 0.2) is 27.6 Å². The molecular formula is C10H13BrClNO3S. The number of aliphatic hydroxyl groups excluding tert-OH is 1. The lowest BCUT2D eigenvalue weighted by Gasteiger charge is -2.08. The molecule has 17 heavy (non-hydrogen) atoms. The van der Waals surface area contributed by atoms with E-state index in [4.69, 9.17) is 16.7 Å². The molecule has 0 bridgehead atoms. The van der Waals surface area contributed by atoms with Crippen LogP contribution in [0.3, 0.4) is 0 Å². The van der Waals surface area contributed by atoms with Crippen molar-refractivity contribution >= 4 is 37.6 Å². The Balaban J connectivity index is 2.79. The fourth-order valence-electron chi connectivity index (χ4n) is 1.13. The van der Waals surface area contributed by atoms with E-state index in [2.05, 4.69) is 20.7 Å². The average molecular weight is 343 g/mol. The van der Waals surface area contributed by atoms with Crippen LogP contribution in [0.2, 0.25) is 5.02 Å². The van der Waals surface area contributed by atoms with E-state index in [1.807, 2.05) is 0 Å². The van der Waals surface area contributed by atoms with Crippen LogP contribution < -0.4 is 4.72 Å². The predicted octanol–water partition coefficient (Wildman–Crippen LogP) is 2.15. The number of benzene rings is 1. The molecule has 0 aliphatic heterocycles. The first-order chi connectivity index (χ1) is 7.83. The van der Waals surface area contributed by atoms with E-state index >= 15 is 0 Å². The van der Waals surface area contributed by atoms with Gasteiger partial charge in [-0.05, 0) is 47.5 Å². The van der Waals surface area contributed by atoms with E-state index in [0.717, 1.165) is 0 Å². The van der Waals surface area contributed by atoms with Crippen LogP contribution in [0.5, 0.6) is 0 Å². The van der Waals surface area contributed by atoms with E-state index in [9.17, 15) is 8.42 Å². The smallest absolute Gasteiger partial charge is 0.240 e. The number of sulfonamides is 1. The highest BCUT2D eigenvalue weighted by molar-refractivity contribution is 9.10. The first kappa shape index (κ1) is 14.9. The van der Waals surface area contributed by atoms with Gasteiger partial charge >= 0.3 is 0 Å². The van der Waals surface area contributed by atoms with Gasteiger partial charge in [0.1, 0.15) is 0 Å². The minimum absolute atomic E-state index is 0.138. The summed E-state index contributed by atoms with van der Waals surface area (Å²) >= 11 is 8.95. The van der Waals surface area contributed by atoms with Gasteiger partial charge in [-0.15, -0.1) is 0 Å². The van der Waals surface area contributed by atoms with Gasteiger partial charge in [-0.1, -0.05) is 11.6 Å². The SMILES string of the molecule is CC(O)CCNS(=O)(=O)c1ccc(Cl)c(Br)c1. The molecule has 0 spiro atoms. The van der Waals surface area contributed by atoms with Crippen molar-refractivity contribution in [2.24, 2.45) is 0 Å². The summed E-state index contributed by atoms with van der Waals surface area (Å²) in [6, 6.07) is 4.37. The zero-order valence-corrected chi connectivity index (χ0v) is 12.3. The summed E-state index contributed by atoms with van der Waals surface area (Å²) in [5.74, 6) is 0. The van der Waals surface area contributed by atoms with E-state index in [1.165, 1.54) is 18.2 Å². The van der Waals surface area contributed by atoms with Crippen LogP contribution >= 0.6 is 27.5 Å². The Bertz CT molecular complexity index is 490. The number of hydrogen-bond donors (Lipinski definition) is 2. The molecular weight excluding hydrogens is 330 g/mol. The summed E-state index contributed by atoms with van der Waals surface area (Å²) in [6.07, 6.45) is -0.164. The molecule has 96 valence electrons. The van der Waals surface area contributed by atoms with Gasteiger partial charge in [0.15, 0.2) is 0 Å². The summed E-state index contributed by atoms with van der Waals surface area (Å²) < 4.78 is 26.6. The van der Waals surface area contributed by atoms with Crippen LogP contribution in [-0.4, -0.2) is 26.2 Å². The largest absolute Gasteiger partial charge is 0.393 e. The van der Waals surface area contributed by atoms with Gasteiger partial charge < -0.3 is 5.11 Å². The summed E-state index contributed by atoms with van der Waals surface area (Å²) in [5, 5.41) is 9.49. The van der Waals surface area contributed by atoms with Crippen molar-refractivity contribution in [2.45, 2.75) is 24.3 Å². The van der Waals surface area contributed by atoms with Gasteiger partial charge in [-0.25, -0.2) is 13.1 Å². The van der Waals surface area contributed by atoms with Crippen molar-refractivity contribution < 1.29 is 13.5 Å². The van der Waals surface area contributed by atoms with Crippen LogP contribution in [0.4, 0.5) is 0 Å². The van der Waals surface area contributed by atoms with Gasteiger partial charge in [-0.3, -0.25) is 0 Å². The van der Waals surface area contributed by atoms with Crippen LogP contribution in [0.1, 0.15) is 13.3 Å². The van der Waals surface area contributed by atoms with Crippen molar-refractivity contribution in [2.75, 3.05) is 6.54 Å². The highest BCUT2D eigenvalue weighted by Crippen LogP contribution is 2.25. The lowest BCUT2D eigenvalue weighted by atomic mass is 10.3. The van der Waals surface area contributed by atoms with Crippen molar-refractivity contribution in [3.05, 3.63) is 27.7 Å². The number of aliphatic hydroxyl groups is 1. The molecule has 2 N–H and O–H groups in total. The van der Waals surface area contributed by atoms with Crippen molar-refractivity contribution in [1.82, 2.24) is 4.72 Å². The highest BCUT2D eigenvalue weighted by atomic mass is 79.9. The number of rotatable bonds is 5. The molecule has 0 fully saturated rings. The predicted molar refractivity (Wildman–Crippen MR) is 70.6 cm³/mol. The molecule has 1 unspecified atom stereocenters. The standard InChI is InChI=1S/C10H13BrClNO3S/c1-7(14)4-5-13-17(15,16)8-2-3-10(12)9(11)6-8/h2-3,6-7,13-14H,4-5H2,1H3. The Morgan fingerprint density at radius 3 is 2.71 bits per heavy atom. The molecule has 0 saturated carbocycles. The molecule has 1 aromatic rings. The number of halogens is 2. The molecule has 0 heterocycles. The molecule has 1 aromatic carbocycles. The molecule has 7 heteroatoms. The highest BCUT2D eigenvalue weighted by Gasteiger charge is 2.14. The zero-order valence-electron chi connectivity index (χ0n) is 9.15. The summed E-state index contributed by atoms with van der Waals surface area (Å²) in [7, 11) is -3.54. The Morgan fingerprint density at radius 2 is 2.18 bits per heavy atom. The molecule has 4 nitrogen and oxygen atoms in total. The molecule has 0 radical (unpaired) electrons. The third kappa shape index (κ3) is 4.56. The van der Waals surface area contributed by atoms with Crippen LogP contribution in [-0.2, 0) is 10.0 Å². The maximum absolute atomic E-state index is 11.8. The number of hydrogen-bond acceptors (Lipinski definition) is 3. The third-order valence-electron chi connectivity index (χ3n) is 2.06. The topological polar surface area (TPSA) is 66.4 Å². The zero-order chi connectivity index (χ0) is 13.1. The van der Waals surface area contributed by atoms with E-state index in [1.54, 1.807) is 6.92 Å². The van der Waals surface area contributed by atoms with Gasteiger partial charge in [0.05, 0.1) is 16.0 Å². The van der Waals surface area contributed by atoms with Crippen molar-refractivity contribution in [3.8, 4) is 0 Å². The molecule has 1 rings (SSSR count). The van der Waals surface area contributed by atoms with Crippen LogP contribution in [0, 0.1) is 0 Å². The Labute approximate surface area is 114 Å². The first-order valence-corrected chi connectivity index (χ1v) is 7.61. The third-order valence-corrected chi connectivity index (χ3v) is 4.73. The maximum Gasteiger partial charge on any atom is 0.240 e. The Hall–Kier alpha value is -0.140. The minimum Gasteiger partial charge on any atom is -0.393 e. The monoisotopic (exact) mass is 341 g/mol. The molecule has 0 amide bonds. The van der Waals surface area contributed by atoms with Gasteiger partial charge in [0, 0.05) is 11.0 Å². The van der Waals surface area contributed by atoms with Crippen LogP contribution in [0.25, 0.3) is 0 Å². The quantitative estimate of drug-likeness (QED) is 0.861. The van der Waals surface area contributed by atoms with Crippen molar-refractivity contribution in [3.63, 3.8) is 0 Å². The first-order valence-electron chi connectivity index (χ1n) is 4.95. The second kappa shape index (κ2) is 6.15. The van der Waals surface area contributed by atoms with Gasteiger partial charge in [0.2, 0.25) is 10.0 Å². The van der Waals surface area contributed by atoms with E-state index < -0.39 is 16.1 Å². The molecule has 1 atom stereocenters. The average Bonchev–Trinajstić information content (AvgIpc) is 2.21. The number of nitrogens with one attached hydrogen (secondary N) is 1. The normalized spacial score (nSPS) is 13.6. The second-order valence-corrected chi connectivity index (χ2v) is 6.64. The fraction of sp³-hybridized carbons (Fsp3) is 0.400. The fourth-order valence-corrected chi connectivity index (χ4v) is 2.85. The lowest BCUT2D eigenvalue weighted by Crippen LogP contribution is -2.26. The van der Waals surface area contributed by atoms with Gasteiger partial charge in [0.25, 0.3) is 0 Å². The molecule has 0 aliphatic carbocycles. The summed E-state index contributed by atoms with van der Waals surface area (Å²) in [5.41, 5.74) is 0. The molecule has 0 saturated heterocycles. The molecule has 0 aromatic heterocycles. The maximum atomic E-state index is 11.8. The molecule has 0 aliphatic rings. The Morgan fingerprint density at radius 1 is 1.53 bits per heavy atom. The van der Waals surface area contributed by atoms with E-state index in [-0.39, 0.29) is 11.4 Å². The Kier molecular flexibility index (Phi) is 5.40. The van der Waals surface area contributed by atoms with Crippen molar-refractivity contribution in [1.29, 1.82) is 0 Å². The lowest BCUT2D eigenvalue weighted by molar-refractivity contribution is 0.186. The van der Waals surface area contributed by atoms with E-state index in [0.29, 0.717) is 15.9 Å². The minimum atomic E-state index is -3.54.